The van der Waals surface area contributed by atoms with Crippen LogP contribution in [0.1, 0.15) is 27.4 Å². The lowest BCUT2D eigenvalue weighted by Gasteiger charge is -2.17. The molecule has 1 unspecified atom stereocenters. The van der Waals surface area contributed by atoms with Crippen LogP contribution in [0.15, 0.2) is 73.2 Å². The average molecular weight is 566 g/mol. The highest BCUT2D eigenvalue weighted by Crippen LogP contribution is 2.31. The Hall–Kier alpha value is -4.05. The third-order valence-corrected chi connectivity index (χ3v) is 6.57. The number of amides is 1. The molecule has 200 valence electrons. The first-order chi connectivity index (χ1) is 19.0. The fourth-order valence-corrected chi connectivity index (χ4v) is 4.45. The van der Waals surface area contributed by atoms with E-state index in [0.29, 0.717) is 39.4 Å². The number of aliphatic hydroxyl groups excluding tert-OH is 1. The number of halogens is 2. The molecule has 0 bridgehead atoms. The minimum Gasteiger partial charge on any atom is -0.485 e. The minimum absolute atomic E-state index is 0.126. The van der Waals surface area contributed by atoms with Crippen molar-refractivity contribution >= 4 is 40.1 Å². The summed E-state index contributed by atoms with van der Waals surface area (Å²) in [6.07, 6.45) is 3.60. The molecule has 4 N–H and O–H groups in total. The van der Waals surface area contributed by atoms with Crippen molar-refractivity contribution in [1.29, 1.82) is 0 Å². The monoisotopic (exact) mass is 565 g/mol. The number of aliphatic hydroxyl groups is 1. The molecule has 3 aromatic carbocycles. The number of aromatic nitrogens is 4. The predicted octanol–water partition coefficient (Wildman–Crippen LogP) is 5.08. The molecule has 0 saturated heterocycles. The lowest BCUT2D eigenvalue weighted by molar-refractivity contribution is 0.0915. The van der Waals surface area contributed by atoms with Gasteiger partial charge in [-0.05, 0) is 42.5 Å². The number of carbonyl (C=O) groups excluding carboxylic acids is 1. The number of ether oxygens (including phenoxy) is 2. The van der Waals surface area contributed by atoms with Gasteiger partial charge < -0.3 is 29.9 Å². The molecule has 0 aliphatic rings. The van der Waals surface area contributed by atoms with Gasteiger partial charge in [-0.3, -0.25) is 4.79 Å². The maximum atomic E-state index is 13.1. The van der Waals surface area contributed by atoms with Gasteiger partial charge in [-0.25, -0.2) is 9.97 Å². The van der Waals surface area contributed by atoms with Crippen LogP contribution in [0.3, 0.4) is 0 Å². The van der Waals surface area contributed by atoms with Crippen LogP contribution < -0.4 is 14.8 Å². The third kappa shape index (κ3) is 6.69. The fraction of sp³-hybridized carbons (Fsp3) is 0.179. The van der Waals surface area contributed by atoms with E-state index in [2.05, 4.69) is 25.3 Å². The predicted molar refractivity (Wildman–Crippen MR) is 148 cm³/mol. The molecule has 2 aromatic heterocycles. The third-order valence-electron chi connectivity index (χ3n) is 5.98. The number of aromatic amines is 2. The van der Waals surface area contributed by atoms with Crippen molar-refractivity contribution in [3.8, 4) is 11.5 Å². The lowest BCUT2D eigenvalue weighted by Crippen LogP contribution is -2.39. The topological polar surface area (TPSA) is 125 Å². The van der Waals surface area contributed by atoms with Gasteiger partial charge in [0.05, 0.1) is 30.0 Å². The second kappa shape index (κ2) is 12.2. The van der Waals surface area contributed by atoms with Gasteiger partial charge in [0.15, 0.2) is 11.5 Å². The van der Waals surface area contributed by atoms with E-state index >= 15 is 0 Å². The Bertz CT molecular complexity index is 1540. The number of nitrogens with one attached hydrogen (secondary N) is 3. The van der Waals surface area contributed by atoms with Crippen molar-refractivity contribution in [3.05, 3.63) is 106 Å². The Labute approximate surface area is 234 Å². The fourth-order valence-electron chi connectivity index (χ4n) is 3.99. The summed E-state index contributed by atoms with van der Waals surface area (Å²) in [6, 6.07) is 17.2. The summed E-state index contributed by atoms with van der Waals surface area (Å²) >= 11 is 12.3. The zero-order chi connectivity index (χ0) is 27.2. The number of nitrogens with zero attached hydrogens (tertiary/aromatic N) is 2. The Morgan fingerprint density at radius 2 is 1.87 bits per heavy atom. The normalized spacial score (nSPS) is 11.9. The minimum atomic E-state index is -0.501. The molecule has 0 aliphatic carbocycles. The summed E-state index contributed by atoms with van der Waals surface area (Å²) in [5.41, 5.74) is 3.61. The molecule has 11 heteroatoms. The standard InChI is InChI=1S/C28H25Cl2N5O4/c29-19-7-5-18(22(30)10-19)14-38-26-9-17(28(37)33-21(13-36)11-20-12-31-16-32-20)6-8-25(26)39-15-27-34-23-3-1-2-4-24(23)35-27/h1-10,12,16,21,36H,11,13-15H2,(H,31,32)(H,33,37)(H,34,35). The molecule has 0 fully saturated rings. The van der Waals surface area contributed by atoms with Gasteiger partial charge in [-0.1, -0.05) is 41.4 Å². The summed E-state index contributed by atoms with van der Waals surface area (Å²) in [6.45, 7) is 0.0537. The van der Waals surface area contributed by atoms with Crippen LogP contribution in [0.5, 0.6) is 11.5 Å². The second-order valence-corrected chi connectivity index (χ2v) is 9.65. The van der Waals surface area contributed by atoms with E-state index in [4.69, 9.17) is 32.7 Å². The average Bonchev–Trinajstić information content (AvgIpc) is 3.60. The number of carbonyl (C=O) groups is 1. The van der Waals surface area contributed by atoms with Gasteiger partial charge in [0.2, 0.25) is 0 Å². The van der Waals surface area contributed by atoms with Crippen LogP contribution in [0.2, 0.25) is 10.0 Å². The molecule has 9 nitrogen and oxygen atoms in total. The smallest absolute Gasteiger partial charge is 0.251 e. The molecular formula is C28H25Cl2N5O4. The molecule has 1 atom stereocenters. The highest BCUT2D eigenvalue weighted by atomic mass is 35.5. The SMILES string of the molecule is O=C(NC(CO)Cc1cnc[nH]1)c1ccc(OCc2nc3ccccc3[nH]2)c(OCc2ccc(Cl)cc2Cl)c1. The van der Waals surface area contributed by atoms with Gasteiger partial charge >= 0.3 is 0 Å². The number of H-pyrrole nitrogens is 2. The molecule has 1 amide bonds. The molecular weight excluding hydrogens is 541 g/mol. The van der Waals surface area contributed by atoms with E-state index in [0.717, 1.165) is 22.3 Å². The Morgan fingerprint density at radius 1 is 1.03 bits per heavy atom. The highest BCUT2D eigenvalue weighted by molar-refractivity contribution is 6.35. The van der Waals surface area contributed by atoms with E-state index in [1.807, 2.05) is 24.3 Å². The van der Waals surface area contributed by atoms with Crippen molar-refractivity contribution in [3.63, 3.8) is 0 Å². The van der Waals surface area contributed by atoms with Gasteiger partial charge in [0.25, 0.3) is 5.91 Å². The zero-order valence-electron chi connectivity index (χ0n) is 20.7. The molecule has 0 radical (unpaired) electrons. The molecule has 0 aliphatic heterocycles. The summed E-state index contributed by atoms with van der Waals surface area (Å²) in [4.78, 5) is 27.8. The second-order valence-electron chi connectivity index (χ2n) is 8.81. The van der Waals surface area contributed by atoms with Gasteiger partial charge in [0, 0.05) is 39.5 Å². The molecule has 0 saturated carbocycles. The largest absolute Gasteiger partial charge is 0.485 e. The van der Waals surface area contributed by atoms with Crippen LogP contribution >= 0.6 is 23.2 Å². The maximum Gasteiger partial charge on any atom is 0.251 e. The number of imidazole rings is 2. The lowest BCUT2D eigenvalue weighted by atomic mass is 10.1. The number of benzene rings is 3. The number of hydrogen-bond acceptors (Lipinski definition) is 6. The van der Waals surface area contributed by atoms with Crippen molar-refractivity contribution in [2.75, 3.05) is 6.61 Å². The van der Waals surface area contributed by atoms with Crippen molar-refractivity contribution in [2.24, 2.45) is 0 Å². The van der Waals surface area contributed by atoms with Crippen molar-refractivity contribution in [2.45, 2.75) is 25.7 Å². The van der Waals surface area contributed by atoms with E-state index in [9.17, 15) is 9.90 Å². The van der Waals surface area contributed by atoms with Crippen LogP contribution in [0, 0.1) is 0 Å². The Morgan fingerprint density at radius 3 is 2.64 bits per heavy atom. The first-order valence-corrected chi connectivity index (χ1v) is 12.9. The summed E-state index contributed by atoms with van der Waals surface area (Å²) in [5, 5.41) is 13.6. The van der Waals surface area contributed by atoms with Crippen LogP contribution in [-0.2, 0) is 19.6 Å². The van der Waals surface area contributed by atoms with Crippen LogP contribution in [0.25, 0.3) is 11.0 Å². The zero-order valence-corrected chi connectivity index (χ0v) is 22.2. The first-order valence-electron chi connectivity index (χ1n) is 12.1. The van der Waals surface area contributed by atoms with E-state index in [1.54, 1.807) is 48.9 Å². The van der Waals surface area contributed by atoms with E-state index < -0.39 is 6.04 Å². The molecule has 5 aromatic rings. The van der Waals surface area contributed by atoms with Crippen LogP contribution in [0.4, 0.5) is 0 Å². The summed E-state index contributed by atoms with van der Waals surface area (Å²) in [5.74, 6) is 1.05. The maximum absolute atomic E-state index is 13.1. The Balaban J connectivity index is 1.35. The number of hydrogen-bond donors (Lipinski definition) is 4. The van der Waals surface area contributed by atoms with Gasteiger partial charge in [-0.2, -0.15) is 0 Å². The summed E-state index contributed by atoms with van der Waals surface area (Å²) < 4.78 is 12.1. The van der Waals surface area contributed by atoms with Crippen molar-refractivity contribution in [1.82, 2.24) is 25.3 Å². The van der Waals surface area contributed by atoms with Crippen LogP contribution in [-0.4, -0.2) is 43.6 Å². The number of rotatable bonds is 11. The molecule has 39 heavy (non-hydrogen) atoms. The number of para-hydroxylation sites is 2. The number of fused-ring (bicyclic) bond motifs is 1. The van der Waals surface area contributed by atoms with Gasteiger partial charge in [-0.15, -0.1) is 0 Å². The Kier molecular flexibility index (Phi) is 8.31. The quantitative estimate of drug-likeness (QED) is 0.177. The molecule has 0 spiro atoms. The van der Waals surface area contributed by atoms with Crippen molar-refractivity contribution < 1.29 is 19.4 Å². The van der Waals surface area contributed by atoms with Gasteiger partial charge in [0.1, 0.15) is 19.0 Å². The van der Waals surface area contributed by atoms with E-state index in [1.165, 1.54) is 0 Å². The van der Waals surface area contributed by atoms with E-state index in [-0.39, 0.29) is 25.7 Å². The first kappa shape index (κ1) is 26.6. The molecule has 2 heterocycles. The molecule has 5 rings (SSSR count). The summed E-state index contributed by atoms with van der Waals surface area (Å²) in [7, 11) is 0. The highest BCUT2D eigenvalue weighted by Gasteiger charge is 2.18.